The molecule has 5 nitrogen and oxygen atoms in total. The van der Waals surface area contributed by atoms with E-state index in [2.05, 4.69) is 15.3 Å². The van der Waals surface area contributed by atoms with Crippen LogP contribution in [0.15, 0.2) is 53.8 Å². The van der Waals surface area contributed by atoms with E-state index in [1.807, 2.05) is 30.1 Å². The lowest BCUT2D eigenvalue weighted by Crippen LogP contribution is -2.40. The first-order chi connectivity index (χ1) is 11.2. The number of nitrogens with one attached hydrogen (secondary N) is 1. The van der Waals surface area contributed by atoms with Crippen LogP contribution in [-0.4, -0.2) is 43.1 Å². The molecule has 24 heavy (non-hydrogen) atoms. The Kier molecular flexibility index (Phi) is 9.06. The van der Waals surface area contributed by atoms with E-state index in [1.54, 1.807) is 25.5 Å². The molecule has 1 aromatic heterocycles. The minimum Gasteiger partial charge on any atom is -0.490 e. The van der Waals surface area contributed by atoms with Gasteiger partial charge in [-0.1, -0.05) is 12.1 Å². The van der Waals surface area contributed by atoms with Crippen LogP contribution in [0, 0.1) is 5.82 Å². The quantitative estimate of drug-likeness (QED) is 0.322. The molecular weight excluding hydrogens is 422 g/mol. The van der Waals surface area contributed by atoms with Gasteiger partial charge < -0.3 is 15.0 Å². The molecule has 0 fully saturated rings. The first-order valence-corrected chi connectivity index (χ1v) is 7.38. The summed E-state index contributed by atoms with van der Waals surface area (Å²) in [5, 5.41) is 3.21. The summed E-state index contributed by atoms with van der Waals surface area (Å²) in [5.74, 6) is 1.23. The van der Waals surface area contributed by atoms with E-state index in [1.165, 1.54) is 12.1 Å². The molecule has 0 saturated heterocycles. The summed E-state index contributed by atoms with van der Waals surface area (Å²) < 4.78 is 18.8. The maximum Gasteiger partial charge on any atom is 0.193 e. The van der Waals surface area contributed by atoms with Crippen LogP contribution in [0.1, 0.15) is 5.56 Å². The van der Waals surface area contributed by atoms with Gasteiger partial charge in [0.1, 0.15) is 18.2 Å². The second-order valence-electron chi connectivity index (χ2n) is 5.00. The molecule has 0 aliphatic rings. The third kappa shape index (κ3) is 6.69. The standard InChI is InChI=1S/C17H21FN4O.HI/c1-19-17(21-9-10-23-16-7-4-8-20-12-16)22(2)13-14-5-3-6-15(18)11-14;/h3-8,11-12H,9-10,13H2,1-2H3,(H,19,21);1H. The first kappa shape index (κ1) is 20.1. The Balaban J connectivity index is 0.00000288. The molecule has 0 unspecified atom stereocenters. The van der Waals surface area contributed by atoms with Gasteiger partial charge in [-0.3, -0.25) is 9.98 Å². The molecule has 0 radical (unpaired) electrons. The van der Waals surface area contributed by atoms with Gasteiger partial charge in [-0.15, -0.1) is 24.0 Å². The normalized spacial score (nSPS) is 10.7. The smallest absolute Gasteiger partial charge is 0.193 e. The van der Waals surface area contributed by atoms with E-state index < -0.39 is 0 Å². The van der Waals surface area contributed by atoms with Gasteiger partial charge in [0, 0.05) is 26.8 Å². The predicted octanol–water partition coefficient (Wildman–Crippen LogP) is 2.92. The number of halogens is 2. The number of benzene rings is 1. The predicted molar refractivity (Wildman–Crippen MR) is 104 cm³/mol. The molecular formula is C17H22FIN4O. The van der Waals surface area contributed by atoms with Gasteiger partial charge in [0.05, 0.1) is 12.7 Å². The third-order valence-electron chi connectivity index (χ3n) is 3.17. The number of ether oxygens (including phenoxy) is 1. The van der Waals surface area contributed by atoms with E-state index >= 15 is 0 Å². The average molecular weight is 444 g/mol. The SMILES string of the molecule is CN=C(NCCOc1cccnc1)N(C)Cc1cccc(F)c1.I. The lowest BCUT2D eigenvalue weighted by molar-refractivity contribution is 0.318. The largest absolute Gasteiger partial charge is 0.490 e. The van der Waals surface area contributed by atoms with Gasteiger partial charge in [0.25, 0.3) is 0 Å². The number of aromatic nitrogens is 1. The lowest BCUT2D eigenvalue weighted by atomic mass is 10.2. The molecule has 2 rings (SSSR count). The summed E-state index contributed by atoms with van der Waals surface area (Å²) in [6, 6.07) is 10.2. The van der Waals surface area contributed by atoms with Crippen molar-refractivity contribution in [2.45, 2.75) is 6.54 Å². The maximum atomic E-state index is 13.2. The highest BCUT2D eigenvalue weighted by Crippen LogP contribution is 2.07. The second-order valence-corrected chi connectivity index (χ2v) is 5.00. The summed E-state index contributed by atoms with van der Waals surface area (Å²) in [6.45, 7) is 1.68. The van der Waals surface area contributed by atoms with E-state index in [-0.39, 0.29) is 29.8 Å². The summed E-state index contributed by atoms with van der Waals surface area (Å²) in [5.41, 5.74) is 0.891. The van der Waals surface area contributed by atoms with E-state index in [0.717, 1.165) is 17.3 Å². The molecule has 1 aromatic carbocycles. The van der Waals surface area contributed by atoms with E-state index in [9.17, 15) is 4.39 Å². The summed E-state index contributed by atoms with van der Waals surface area (Å²) in [4.78, 5) is 10.1. The molecule has 0 amide bonds. The van der Waals surface area contributed by atoms with Crippen molar-refractivity contribution in [3.8, 4) is 5.75 Å². The van der Waals surface area contributed by atoms with Crippen molar-refractivity contribution in [3.63, 3.8) is 0 Å². The fraction of sp³-hybridized carbons (Fsp3) is 0.294. The zero-order valence-electron chi connectivity index (χ0n) is 13.8. The van der Waals surface area contributed by atoms with Crippen molar-refractivity contribution in [2.75, 3.05) is 27.2 Å². The molecule has 7 heteroatoms. The summed E-state index contributed by atoms with van der Waals surface area (Å²) in [7, 11) is 3.62. The van der Waals surface area contributed by atoms with Crippen LogP contribution in [0.2, 0.25) is 0 Å². The van der Waals surface area contributed by atoms with E-state index in [0.29, 0.717) is 19.7 Å². The number of aliphatic imine (C=N–C) groups is 1. The van der Waals surface area contributed by atoms with Crippen LogP contribution in [0.25, 0.3) is 0 Å². The zero-order valence-corrected chi connectivity index (χ0v) is 16.1. The van der Waals surface area contributed by atoms with Gasteiger partial charge in [-0.2, -0.15) is 0 Å². The number of hydrogen-bond acceptors (Lipinski definition) is 3. The highest BCUT2D eigenvalue weighted by atomic mass is 127. The molecule has 0 aliphatic carbocycles. The number of nitrogens with zero attached hydrogens (tertiary/aromatic N) is 3. The summed E-state index contributed by atoms with van der Waals surface area (Å²) >= 11 is 0. The molecule has 1 N–H and O–H groups in total. The molecule has 0 aliphatic heterocycles. The zero-order chi connectivity index (χ0) is 16.5. The number of hydrogen-bond donors (Lipinski definition) is 1. The molecule has 0 bridgehead atoms. The van der Waals surface area contributed by atoms with Gasteiger partial charge >= 0.3 is 0 Å². The Morgan fingerprint density at radius 3 is 2.83 bits per heavy atom. The van der Waals surface area contributed by atoms with Crippen LogP contribution in [-0.2, 0) is 6.54 Å². The third-order valence-corrected chi connectivity index (χ3v) is 3.17. The maximum absolute atomic E-state index is 13.2. The van der Waals surface area contributed by atoms with Crippen molar-refractivity contribution in [3.05, 3.63) is 60.2 Å². The van der Waals surface area contributed by atoms with Crippen LogP contribution in [0.5, 0.6) is 5.75 Å². The Bertz CT molecular complexity index is 639. The minimum atomic E-state index is -0.233. The Labute approximate surface area is 159 Å². The molecule has 0 saturated carbocycles. The van der Waals surface area contributed by atoms with Crippen LogP contribution in [0.4, 0.5) is 4.39 Å². The summed E-state index contributed by atoms with van der Waals surface area (Å²) in [6.07, 6.45) is 3.37. The fourth-order valence-electron chi connectivity index (χ4n) is 2.13. The van der Waals surface area contributed by atoms with Crippen molar-refractivity contribution in [1.29, 1.82) is 0 Å². The highest BCUT2D eigenvalue weighted by Gasteiger charge is 2.06. The Hall–Kier alpha value is -1.90. The van der Waals surface area contributed by atoms with Crippen molar-refractivity contribution in [2.24, 2.45) is 4.99 Å². The fourth-order valence-corrected chi connectivity index (χ4v) is 2.13. The minimum absolute atomic E-state index is 0. The van der Waals surface area contributed by atoms with Crippen LogP contribution >= 0.6 is 24.0 Å². The molecule has 130 valence electrons. The average Bonchev–Trinajstić information content (AvgIpc) is 2.56. The second kappa shape index (κ2) is 10.8. The number of rotatable bonds is 6. The monoisotopic (exact) mass is 444 g/mol. The first-order valence-electron chi connectivity index (χ1n) is 7.38. The molecule has 0 spiro atoms. The highest BCUT2D eigenvalue weighted by molar-refractivity contribution is 14.0. The van der Waals surface area contributed by atoms with Gasteiger partial charge in [-0.05, 0) is 29.8 Å². The molecule has 1 heterocycles. The Morgan fingerprint density at radius 2 is 2.17 bits per heavy atom. The molecule has 0 atom stereocenters. The van der Waals surface area contributed by atoms with E-state index in [4.69, 9.17) is 4.74 Å². The van der Waals surface area contributed by atoms with Crippen molar-refractivity contribution >= 4 is 29.9 Å². The van der Waals surface area contributed by atoms with Gasteiger partial charge in [0.2, 0.25) is 0 Å². The number of guanidine groups is 1. The van der Waals surface area contributed by atoms with Gasteiger partial charge in [-0.25, -0.2) is 4.39 Å². The number of pyridine rings is 1. The van der Waals surface area contributed by atoms with Gasteiger partial charge in [0.15, 0.2) is 5.96 Å². The lowest BCUT2D eigenvalue weighted by Gasteiger charge is -2.22. The topological polar surface area (TPSA) is 49.8 Å². The van der Waals surface area contributed by atoms with Crippen molar-refractivity contribution < 1.29 is 9.13 Å². The van der Waals surface area contributed by atoms with Crippen LogP contribution < -0.4 is 10.1 Å². The van der Waals surface area contributed by atoms with Crippen molar-refractivity contribution in [1.82, 2.24) is 15.2 Å². The Morgan fingerprint density at radius 1 is 1.33 bits per heavy atom. The molecule has 2 aromatic rings. The van der Waals surface area contributed by atoms with Crippen LogP contribution in [0.3, 0.4) is 0 Å².